The van der Waals surface area contributed by atoms with E-state index in [0.29, 0.717) is 18.9 Å². The lowest BCUT2D eigenvalue weighted by molar-refractivity contribution is -0.242. The second kappa shape index (κ2) is 9.62. The highest BCUT2D eigenvalue weighted by molar-refractivity contribution is 5.93. The van der Waals surface area contributed by atoms with Crippen LogP contribution in [0.1, 0.15) is 18.1 Å². The number of nitrogens with zero attached hydrogens (tertiary/aromatic N) is 1. The topological polar surface area (TPSA) is 69.5 Å². The Morgan fingerprint density at radius 3 is 2.00 bits per heavy atom. The number of rotatable bonds is 7. The zero-order valence-electron chi connectivity index (χ0n) is 15.5. The van der Waals surface area contributed by atoms with Gasteiger partial charge < -0.3 is 24.2 Å². The molecule has 0 aromatic heterocycles. The largest absolute Gasteiger partial charge is 0.411 e. The molecule has 1 aliphatic heterocycles. The minimum absolute atomic E-state index is 0.360. The Bertz CT molecular complexity index is 722. The molecule has 1 saturated heterocycles. The lowest BCUT2D eigenvalue weighted by atomic mass is 10.00. The summed E-state index contributed by atoms with van der Waals surface area (Å²) in [4.78, 5) is 0. The van der Waals surface area contributed by atoms with E-state index in [-0.39, 0.29) is 0 Å². The molecule has 6 heteroatoms. The molecule has 2 aromatic carbocycles. The van der Waals surface area contributed by atoms with Crippen LogP contribution in [0.25, 0.3) is 0 Å². The molecule has 1 N–H and O–H groups in total. The highest BCUT2D eigenvalue weighted by Gasteiger charge is 2.44. The van der Waals surface area contributed by atoms with Gasteiger partial charge in [-0.25, -0.2) is 0 Å². The number of methoxy groups -OCH3 is 1. The summed E-state index contributed by atoms with van der Waals surface area (Å²) in [6.07, 6.45) is -2.24. The van der Waals surface area contributed by atoms with E-state index in [2.05, 4.69) is 5.16 Å². The van der Waals surface area contributed by atoms with E-state index < -0.39 is 24.6 Å². The summed E-state index contributed by atoms with van der Waals surface area (Å²) >= 11 is 0. The molecule has 4 atom stereocenters. The van der Waals surface area contributed by atoms with Crippen LogP contribution >= 0.6 is 0 Å². The molecule has 0 bridgehead atoms. The third-order valence-corrected chi connectivity index (χ3v) is 4.52. The van der Waals surface area contributed by atoms with Gasteiger partial charge in [0.1, 0.15) is 24.0 Å². The summed E-state index contributed by atoms with van der Waals surface area (Å²) in [5.74, 6) is 0. The van der Waals surface area contributed by atoms with Crippen LogP contribution in [0.4, 0.5) is 0 Å². The molecular weight excluding hydrogens is 346 g/mol. The maximum absolute atomic E-state index is 9.52. The van der Waals surface area contributed by atoms with E-state index in [1.165, 1.54) is 0 Å². The van der Waals surface area contributed by atoms with Crippen molar-refractivity contribution in [3.05, 3.63) is 71.8 Å². The molecule has 0 aliphatic carbocycles. The second-order valence-corrected chi connectivity index (χ2v) is 6.39. The van der Waals surface area contributed by atoms with Gasteiger partial charge in [0.15, 0.2) is 6.29 Å². The number of ether oxygens (including phenoxy) is 4. The van der Waals surface area contributed by atoms with Crippen molar-refractivity contribution in [2.24, 2.45) is 5.16 Å². The van der Waals surface area contributed by atoms with Crippen molar-refractivity contribution < 1.29 is 24.2 Å². The average Bonchev–Trinajstić information content (AvgIpc) is 2.72. The second-order valence-electron chi connectivity index (χ2n) is 6.39. The van der Waals surface area contributed by atoms with Crippen LogP contribution in [-0.2, 0) is 32.2 Å². The van der Waals surface area contributed by atoms with Gasteiger partial charge in [-0.3, -0.25) is 0 Å². The summed E-state index contributed by atoms with van der Waals surface area (Å²) in [6.45, 7) is 2.53. The fourth-order valence-electron chi connectivity index (χ4n) is 3.09. The van der Waals surface area contributed by atoms with E-state index in [0.717, 1.165) is 11.1 Å². The van der Waals surface area contributed by atoms with Gasteiger partial charge in [-0.15, -0.1) is 0 Å². The smallest absolute Gasteiger partial charge is 0.187 e. The third-order valence-electron chi connectivity index (χ3n) is 4.52. The molecule has 1 fully saturated rings. The molecule has 2 aromatic rings. The van der Waals surface area contributed by atoms with Crippen LogP contribution in [-0.4, -0.2) is 42.6 Å². The molecule has 144 valence electrons. The molecule has 0 saturated carbocycles. The fourth-order valence-corrected chi connectivity index (χ4v) is 3.09. The number of hydrogen-bond donors (Lipinski definition) is 1. The SMILES string of the molecule is CO[C@H]1O[C@H](C)/C(=N\O)[C@H](OCc2ccccc2)[C@H]1OCc1ccccc1. The quantitative estimate of drug-likeness (QED) is 0.597. The van der Waals surface area contributed by atoms with Crippen molar-refractivity contribution in [1.29, 1.82) is 0 Å². The average molecular weight is 371 g/mol. The lowest BCUT2D eigenvalue weighted by Gasteiger charge is -2.40. The monoisotopic (exact) mass is 371 g/mol. The molecule has 0 amide bonds. The summed E-state index contributed by atoms with van der Waals surface area (Å²) in [6, 6.07) is 19.6. The maximum atomic E-state index is 9.52. The van der Waals surface area contributed by atoms with Crippen LogP contribution < -0.4 is 0 Å². The fraction of sp³-hybridized carbons (Fsp3) is 0.381. The van der Waals surface area contributed by atoms with Crippen molar-refractivity contribution in [2.75, 3.05) is 7.11 Å². The first kappa shape index (κ1) is 19.5. The summed E-state index contributed by atoms with van der Waals surface area (Å²) in [7, 11) is 1.56. The predicted molar refractivity (Wildman–Crippen MR) is 101 cm³/mol. The van der Waals surface area contributed by atoms with Gasteiger partial charge in [0, 0.05) is 7.11 Å². The van der Waals surface area contributed by atoms with E-state index in [1.807, 2.05) is 60.7 Å². The number of oxime groups is 1. The molecule has 1 heterocycles. The number of benzene rings is 2. The molecule has 6 nitrogen and oxygen atoms in total. The van der Waals surface area contributed by atoms with Gasteiger partial charge in [-0.2, -0.15) is 0 Å². The Morgan fingerprint density at radius 1 is 0.926 bits per heavy atom. The minimum Gasteiger partial charge on any atom is -0.411 e. The van der Waals surface area contributed by atoms with Crippen molar-refractivity contribution in [3.63, 3.8) is 0 Å². The molecule has 27 heavy (non-hydrogen) atoms. The lowest BCUT2D eigenvalue weighted by Crippen LogP contribution is -2.56. The Balaban J connectivity index is 1.77. The first-order valence-corrected chi connectivity index (χ1v) is 8.94. The van der Waals surface area contributed by atoms with Gasteiger partial charge in [-0.05, 0) is 18.1 Å². The zero-order chi connectivity index (χ0) is 19.1. The van der Waals surface area contributed by atoms with Crippen molar-refractivity contribution in [2.45, 2.75) is 44.7 Å². The first-order chi connectivity index (χ1) is 13.2. The molecule has 0 radical (unpaired) electrons. The van der Waals surface area contributed by atoms with Crippen LogP contribution in [0.5, 0.6) is 0 Å². The Labute approximate surface area is 159 Å². The van der Waals surface area contributed by atoms with Crippen LogP contribution in [0.2, 0.25) is 0 Å². The van der Waals surface area contributed by atoms with Gasteiger partial charge in [0.05, 0.1) is 13.2 Å². The van der Waals surface area contributed by atoms with E-state index in [9.17, 15) is 5.21 Å². The number of hydrogen-bond acceptors (Lipinski definition) is 6. The van der Waals surface area contributed by atoms with Crippen LogP contribution in [0, 0.1) is 0 Å². The zero-order valence-corrected chi connectivity index (χ0v) is 15.5. The van der Waals surface area contributed by atoms with Crippen LogP contribution in [0.3, 0.4) is 0 Å². The van der Waals surface area contributed by atoms with Gasteiger partial charge >= 0.3 is 0 Å². The van der Waals surface area contributed by atoms with Gasteiger partial charge in [-0.1, -0.05) is 65.8 Å². The van der Waals surface area contributed by atoms with E-state index >= 15 is 0 Å². The molecule has 1 aliphatic rings. The molecule has 0 unspecified atom stereocenters. The first-order valence-electron chi connectivity index (χ1n) is 8.94. The van der Waals surface area contributed by atoms with Crippen molar-refractivity contribution >= 4 is 5.71 Å². The van der Waals surface area contributed by atoms with Crippen molar-refractivity contribution in [1.82, 2.24) is 0 Å². The Hall–Kier alpha value is -2.25. The normalized spacial score (nSPS) is 27.0. The molecule has 0 spiro atoms. The minimum atomic E-state index is -0.630. The summed E-state index contributed by atoms with van der Waals surface area (Å²) in [5.41, 5.74) is 2.43. The van der Waals surface area contributed by atoms with Crippen molar-refractivity contribution in [3.8, 4) is 0 Å². The van der Waals surface area contributed by atoms with Gasteiger partial charge in [0.25, 0.3) is 0 Å². The molecular formula is C21H25NO5. The highest BCUT2D eigenvalue weighted by atomic mass is 16.7. The maximum Gasteiger partial charge on any atom is 0.187 e. The van der Waals surface area contributed by atoms with Gasteiger partial charge in [0.2, 0.25) is 0 Å². The van der Waals surface area contributed by atoms with Crippen LogP contribution in [0.15, 0.2) is 65.8 Å². The van der Waals surface area contributed by atoms with E-state index in [4.69, 9.17) is 18.9 Å². The summed E-state index contributed by atoms with van der Waals surface area (Å²) in [5, 5.41) is 12.9. The third kappa shape index (κ3) is 4.93. The molecule has 3 rings (SSSR count). The summed E-state index contributed by atoms with van der Waals surface area (Å²) < 4.78 is 23.5. The van der Waals surface area contributed by atoms with E-state index in [1.54, 1.807) is 14.0 Å². The Morgan fingerprint density at radius 2 is 1.48 bits per heavy atom. The standard InChI is InChI=1S/C21H25NO5/c1-15-18(22-23)19(25-13-16-9-5-3-6-10-16)20(21(24-2)27-15)26-14-17-11-7-4-8-12-17/h3-12,15,19-21,23H,13-14H2,1-2H3/b22-18+/t15-,19+,20-,21+/m1/s1. The highest BCUT2D eigenvalue weighted by Crippen LogP contribution is 2.26. The predicted octanol–water partition coefficient (Wildman–Crippen LogP) is 3.38. The Kier molecular flexibility index (Phi) is 6.95.